The number of sulfonamides is 1. The number of ketones is 1. The minimum absolute atomic E-state index is 0.0292. The predicted molar refractivity (Wildman–Crippen MR) is 117 cm³/mol. The minimum Gasteiger partial charge on any atom is -0.473 e. The first kappa shape index (κ1) is 21.3. The van der Waals surface area contributed by atoms with E-state index < -0.39 is 10.0 Å². The van der Waals surface area contributed by atoms with Gasteiger partial charge in [-0.3, -0.25) is 9.10 Å². The summed E-state index contributed by atoms with van der Waals surface area (Å²) in [7, 11) is -3.89. The van der Waals surface area contributed by atoms with Crippen molar-refractivity contribution in [1.29, 1.82) is 0 Å². The van der Waals surface area contributed by atoms with Crippen molar-refractivity contribution >= 4 is 33.1 Å². The molecule has 4 rings (SSSR count). The van der Waals surface area contributed by atoms with Crippen molar-refractivity contribution in [3.8, 4) is 5.88 Å². The Morgan fingerprint density at radius 1 is 1.13 bits per heavy atom. The van der Waals surface area contributed by atoms with Crippen LogP contribution in [0.5, 0.6) is 5.88 Å². The summed E-state index contributed by atoms with van der Waals surface area (Å²) in [5.41, 5.74) is 1.55. The third kappa shape index (κ3) is 4.40. The van der Waals surface area contributed by atoms with Crippen molar-refractivity contribution in [2.75, 3.05) is 17.5 Å². The molecular formula is C22H20ClN3O4S. The standard InChI is InChI=1S/C22H20ClN3O4S/c1-15(16-6-3-2-4-7-16)21(27)14-18-13-20-22(25-24-18)30-11-10-26(20)31(28,29)19-9-5-8-17(23)12-19/h2-9,12-13,15H,10-11,14H2,1H3/t15-/m0/s1. The number of anilines is 1. The Morgan fingerprint density at radius 2 is 1.90 bits per heavy atom. The van der Waals surface area contributed by atoms with E-state index in [0.717, 1.165) is 5.56 Å². The van der Waals surface area contributed by atoms with E-state index in [1.165, 1.54) is 16.4 Å². The minimum atomic E-state index is -3.89. The van der Waals surface area contributed by atoms with Gasteiger partial charge in [-0.1, -0.05) is 54.9 Å². The third-order valence-corrected chi connectivity index (χ3v) is 7.16. The number of fused-ring (bicyclic) bond motifs is 1. The van der Waals surface area contributed by atoms with Gasteiger partial charge in [0.25, 0.3) is 15.9 Å². The zero-order valence-corrected chi connectivity index (χ0v) is 18.3. The maximum atomic E-state index is 13.2. The normalized spacial score (nSPS) is 14.5. The van der Waals surface area contributed by atoms with Gasteiger partial charge in [-0.15, -0.1) is 5.10 Å². The van der Waals surface area contributed by atoms with E-state index in [2.05, 4.69) is 10.2 Å². The molecule has 1 atom stereocenters. The van der Waals surface area contributed by atoms with Gasteiger partial charge in [-0.05, 0) is 29.8 Å². The highest BCUT2D eigenvalue weighted by atomic mass is 35.5. The van der Waals surface area contributed by atoms with Crippen molar-refractivity contribution in [2.24, 2.45) is 0 Å². The molecule has 0 N–H and O–H groups in total. The molecule has 2 aromatic carbocycles. The van der Waals surface area contributed by atoms with Crippen molar-refractivity contribution in [3.63, 3.8) is 0 Å². The van der Waals surface area contributed by atoms with Gasteiger partial charge >= 0.3 is 0 Å². The number of nitrogens with zero attached hydrogens (tertiary/aromatic N) is 3. The molecule has 0 saturated carbocycles. The maximum Gasteiger partial charge on any atom is 0.264 e. The number of ether oxygens (including phenoxy) is 1. The molecular weight excluding hydrogens is 438 g/mol. The van der Waals surface area contributed by atoms with Gasteiger partial charge in [0, 0.05) is 10.9 Å². The largest absolute Gasteiger partial charge is 0.473 e. The van der Waals surface area contributed by atoms with Crippen LogP contribution in [0.25, 0.3) is 0 Å². The number of carbonyl (C=O) groups excluding carboxylic acids is 1. The van der Waals surface area contributed by atoms with Crippen LogP contribution in [-0.4, -0.2) is 37.6 Å². The topological polar surface area (TPSA) is 89.5 Å². The third-order valence-electron chi connectivity index (χ3n) is 5.12. The summed E-state index contributed by atoms with van der Waals surface area (Å²) in [5.74, 6) is -0.243. The lowest BCUT2D eigenvalue weighted by Gasteiger charge is -2.29. The van der Waals surface area contributed by atoms with Gasteiger partial charge in [-0.25, -0.2) is 8.42 Å². The van der Waals surface area contributed by atoms with E-state index in [1.807, 2.05) is 37.3 Å². The van der Waals surface area contributed by atoms with Crippen molar-refractivity contribution in [3.05, 3.63) is 76.9 Å². The highest BCUT2D eigenvalue weighted by Gasteiger charge is 2.32. The SMILES string of the molecule is C[C@H](C(=O)Cc1cc2c(nn1)OCCN2S(=O)(=O)c1cccc(Cl)c1)c1ccccc1. The summed E-state index contributed by atoms with van der Waals surface area (Å²) in [4.78, 5) is 12.8. The number of halogens is 1. The lowest BCUT2D eigenvalue weighted by Crippen LogP contribution is -2.38. The number of carbonyl (C=O) groups is 1. The summed E-state index contributed by atoms with van der Waals surface area (Å²) in [6, 6.07) is 17.1. The molecule has 0 fully saturated rings. The molecule has 1 aliphatic rings. The molecule has 2 heterocycles. The maximum absolute atomic E-state index is 13.2. The van der Waals surface area contributed by atoms with E-state index in [0.29, 0.717) is 10.7 Å². The molecule has 31 heavy (non-hydrogen) atoms. The molecule has 9 heteroatoms. The first-order chi connectivity index (χ1) is 14.9. The molecule has 7 nitrogen and oxygen atoms in total. The molecule has 1 aromatic heterocycles. The Labute approximate surface area is 185 Å². The first-order valence-electron chi connectivity index (χ1n) is 9.71. The Morgan fingerprint density at radius 3 is 2.65 bits per heavy atom. The summed E-state index contributed by atoms with van der Waals surface area (Å²) in [6.07, 6.45) is 0.0292. The van der Waals surface area contributed by atoms with E-state index in [1.54, 1.807) is 18.2 Å². The fourth-order valence-electron chi connectivity index (χ4n) is 3.39. The van der Waals surface area contributed by atoms with Crippen LogP contribution >= 0.6 is 11.6 Å². The van der Waals surface area contributed by atoms with Gasteiger partial charge < -0.3 is 4.74 Å². The number of hydrogen-bond acceptors (Lipinski definition) is 6. The first-order valence-corrected chi connectivity index (χ1v) is 11.5. The highest BCUT2D eigenvalue weighted by Crippen LogP contribution is 2.34. The van der Waals surface area contributed by atoms with Gasteiger partial charge in [-0.2, -0.15) is 5.10 Å². The average molecular weight is 458 g/mol. The molecule has 160 valence electrons. The zero-order valence-electron chi connectivity index (χ0n) is 16.7. The van der Waals surface area contributed by atoms with Crippen LogP contribution in [0.2, 0.25) is 5.02 Å². The van der Waals surface area contributed by atoms with Crippen LogP contribution in [0.1, 0.15) is 24.1 Å². The fourth-order valence-corrected chi connectivity index (χ4v) is 5.13. The Hall–Kier alpha value is -2.97. The summed E-state index contributed by atoms with van der Waals surface area (Å²) in [6.45, 7) is 2.09. The van der Waals surface area contributed by atoms with E-state index >= 15 is 0 Å². The smallest absolute Gasteiger partial charge is 0.264 e. The van der Waals surface area contributed by atoms with Crippen LogP contribution < -0.4 is 9.04 Å². The molecule has 0 bridgehead atoms. The summed E-state index contributed by atoms with van der Waals surface area (Å²) >= 11 is 5.99. The summed E-state index contributed by atoms with van der Waals surface area (Å²) in [5, 5.41) is 8.42. The second kappa shape index (κ2) is 8.64. The van der Waals surface area contributed by atoms with Crippen molar-refractivity contribution in [2.45, 2.75) is 24.2 Å². The Kier molecular flexibility index (Phi) is 5.93. The van der Waals surface area contributed by atoms with Gasteiger partial charge in [0.05, 0.1) is 23.6 Å². The van der Waals surface area contributed by atoms with Gasteiger partial charge in [0.15, 0.2) is 0 Å². The second-order valence-electron chi connectivity index (χ2n) is 7.18. The van der Waals surface area contributed by atoms with Crippen LogP contribution in [0.4, 0.5) is 5.69 Å². The number of hydrogen-bond donors (Lipinski definition) is 0. The van der Waals surface area contributed by atoms with E-state index in [4.69, 9.17) is 16.3 Å². The lowest BCUT2D eigenvalue weighted by molar-refractivity contribution is -0.119. The predicted octanol–water partition coefficient (Wildman–Crippen LogP) is 3.63. The summed E-state index contributed by atoms with van der Waals surface area (Å²) < 4.78 is 33.2. The highest BCUT2D eigenvalue weighted by molar-refractivity contribution is 7.92. The molecule has 3 aromatic rings. The quantitative estimate of drug-likeness (QED) is 0.561. The van der Waals surface area contributed by atoms with Crippen LogP contribution in [-0.2, 0) is 21.2 Å². The number of rotatable bonds is 6. The lowest BCUT2D eigenvalue weighted by atomic mass is 9.94. The van der Waals surface area contributed by atoms with Crippen molar-refractivity contribution in [1.82, 2.24) is 10.2 Å². The zero-order chi connectivity index (χ0) is 22.0. The van der Waals surface area contributed by atoms with Crippen molar-refractivity contribution < 1.29 is 17.9 Å². The van der Waals surface area contributed by atoms with Crippen LogP contribution in [0.3, 0.4) is 0 Å². The molecule has 1 aliphatic heterocycles. The van der Waals surface area contributed by atoms with Crippen LogP contribution in [0.15, 0.2) is 65.6 Å². The number of aromatic nitrogens is 2. The van der Waals surface area contributed by atoms with E-state index in [9.17, 15) is 13.2 Å². The second-order valence-corrected chi connectivity index (χ2v) is 9.48. The molecule has 0 saturated heterocycles. The molecule has 0 radical (unpaired) electrons. The number of benzene rings is 2. The molecule has 0 amide bonds. The molecule has 0 unspecified atom stereocenters. The van der Waals surface area contributed by atoms with Crippen LogP contribution in [0, 0.1) is 0 Å². The fraction of sp³-hybridized carbons (Fsp3) is 0.227. The van der Waals surface area contributed by atoms with E-state index in [-0.39, 0.29) is 47.7 Å². The number of Topliss-reactive ketones (excluding diaryl/α,β-unsaturated/α-hetero) is 1. The Bertz CT molecular complexity index is 1220. The molecule has 0 spiro atoms. The average Bonchev–Trinajstić information content (AvgIpc) is 2.78. The molecule has 0 aliphatic carbocycles. The monoisotopic (exact) mass is 457 g/mol. The van der Waals surface area contributed by atoms with Gasteiger partial charge in [0.1, 0.15) is 18.1 Å². The Balaban J connectivity index is 1.63. The van der Waals surface area contributed by atoms with Gasteiger partial charge in [0.2, 0.25) is 0 Å².